The molecule has 2 rings (SSSR count). The van der Waals surface area contributed by atoms with Crippen molar-refractivity contribution in [3.8, 4) is 5.75 Å². The highest BCUT2D eigenvalue weighted by Gasteiger charge is 2.26. The van der Waals surface area contributed by atoms with Crippen molar-refractivity contribution in [3.05, 3.63) is 23.5 Å². The molecule has 0 spiro atoms. The highest BCUT2D eigenvalue weighted by molar-refractivity contribution is 9.08. The van der Waals surface area contributed by atoms with Crippen molar-refractivity contribution in [2.75, 3.05) is 5.32 Å². The van der Waals surface area contributed by atoms with Gasteiger partial charge in [0.2, 0.25) is 0 Å². The second-order valence-corrected chi connectivity index (χ2v) is 3.90. The molecule has 1 aromatic rings. The summed E-state index contributed by atoms with van der Waals surface area (Å²) in [5, 5.41) is 3.13. The number of alkyl halides is 1. The number of hydrogen-bond acceptors (Lipinski definition) is 2. The molecule has 0 saturated heterocycles. The molecule has 0 aliphatic carbocycles. The van der Waals surface area contributed by atoms with Crippen LogP contribution in [0.5, 0.6) is 5.75 Å². The summed E-state index contributed by atoms with van der Waals surface area (Å²) >= 11 is 3.23. The Morgan fingerprint density at radius 3 is 3.00 bits per heavy atom. The van der Waals surface area contributed by atoms with Crippen LogP contribution >= 0.6 is 15.9 Å². The Morgan fingerprint density at radius 2 is 2.33 bits per heavy atom. The van der Waals surface area contributed by atoms with Crippen LogP contribution in [0.25, 0.3) is 0 Å². The zero-order valence-corrected chi connectivity index (χ0v) is 9.60. The van der Waals surface area contributed by atoms with Crippen LogP contribution in [-0.2, 0) is 10.1 Å². The van der Waals surface area contributed by atoms with E-state index in [1.807, 2.05) is 0 Å². The molecular formula is C10H9BrFNO2. The summed E-state index contributed by atoms with van der Waals surface area (Å²) in [6.45, 7) is 1.58. The van der Waals surface area contributed by atoms with Crippen molar-refractivity contribution in [1.29, 1.82) is 0 Å². The van der Waals surface area contributed by atoms with E-state index in [1.165, 1.54) is 6.07 Å². The van der Waals surface area contributed by atoms with E-state index in [9.17, 15) is 9.18 Å². The number of halogens is 2. The first-order valence-corrected chi connectivity index (χ1v) is 5.60. The second kappa shape index (κ2) is 3.81. The van der Waals surface area contributed by atoms with E-state index in [4.69, 9.17) is 4.74 Å². The third kappa shape index (κ3) is 1.84. The van der Waals surface area contributed by atoms with Crippen LogP contribution in [-0.4, -0.2) is 12.0 Å². The quantitative estimate of drug-likeness (QED) is 0.799. The molecule has 3 nitrogen and oxygen atoms in total. The first-order chi connectivity index (χ1) is 7.11. The van der Waals surface area contributed by atoms with Gasteiger partial charge < -0.3 is 10.1 Å². The SMILES string of the molecule is CC1Oc2c(F)cc(CBr)cc2NC1=O. The van der Waals surface area contributed by atoms with Crippen molar-refractivity contribution in [2.45, 2.75) is 18.4 Å². The standard InChI is InChI=1S/C10H9BrFNO2/c1-5-10(14)13-8-3-6(4-11)2-7(12)9(8)15-5/h2-3,5H,4H2,1H3,(H,13,14). The lowest BCUT2D eigenvalue weighted by Crippen LogP contribution is -2.34. The lowest BCUT2D eigenvalue weighted by atomic mass is 10.1. The van der Waals surface area contributed by atoms with Crippen LogP contribution in [0.3, 0.4) is 0 Å². The maximum atomic E-state index is 13.5. The van der Waals surface area contributed by atoms with Gasteiger partial charge in [0.05, 0.1) is 5.69 Å². The Bertz CT molecular complexity index is 422. The van der Waals surface area contributed by atoms with Gasteiger partial charge >= 0.3 is 0 Å². The maximum absolute atomic E-state index is 13.5. The molecular weight excluding hydrogens is 265 g/mol. The molecule has 0 fully saturated rings. The molecule has 15 heavy (non-hydrogen) atoms. The Labute approximate surface area is 94.7 Å². The lowest BCUT2D eigenvalue weighted by molar-refractivity contribution is -0.122. The van der Waals surface area contributed by atoms with Gasteiger partial charge in [0.15, 0.2) is 17.7 Å². The number of nitrogens with one attached hydrogen (secondary N) is 1. The molecule has 0 radical (unpaired) electrons. The van der Waals surface area contributed by atoms with Crippen LogP contribution in [0, 0.1) is 5.82 Å². The monoisotopic (exact) mass is 273 g/mol. The van der Waals surface area contributed by atoms with Crippen molar-refractivity contribution in [2.24, 2.45) is 0 Å². The maximum Gasteiger partial charge on any atom is 0.265 e. The largest absolute Gasteiger partial charge is 0.476 e. The number of carbonyl (C=O) groups excluding carboxylic acids is 1. The van der Waals surface area contributed by atoms with E-state index in [2.05, 4.69) is 21.2 Å². The number of anilines is 1. The summed E-state index contributed by atoms with van der Waals surface area (Å²) in [7, 11) is 0. The third-order valence-corrected chi connectivity index (χ3v) is 2.83. The molecule has 1 heterocycles. The van der Waals surface area contributed by atoms with Gasteiger partial charge in [-0.25, -0.2) is 4.39 Å². The van der Waals surface area contributed by atoms with Gasteiger partial charge in [-0.3, -0.25) is 4.79 Å². The molecule has 1 atom stereocenters. The fraction of sp³-hybridized carbons (Fsp3) is 0.300. The zero-order valence-electron chi connectivity index (χ0n) is 8.01. The van der Waals surface area contributed by atoms with E-state index in [1.54, 1.807) is 13.0 Å². The summed E-state index contributed by atoms with van der Waals surface area (Å²) in [5.41, 5.74) is 1.15. The zero-order chi connectivity index (χ0) is 11.0. The number of rotatable bonds is 1. The fourth-order valence-electron chi connectivity index (χ4n) is 1.40. The average molecular weight is 274 g/mol. The summed E-state index contributed by atoms with van der Waals surface area (Å²) in [5.74, 6) is -0.589. The summed E-state index contributed by atoms with van der Waals surface area (Å²) in [4.78, 5) is 11.3. The first-order valence-electron chi connectivity index (χ1n) is 4.47. The Balaban J connectivity index is 2.48. The molecule has 1 aliphatic heterocycles. The molecule has 5 heteroatoms. The highest BCUT2D eigenvalue weighted by atomic mass is 79.9. The average Bonchev–Trinajstić information content (AvgIpc) is 2.21. The number of carbonyl (C=O) groups is 1. The minimum atomic E-state index is -0.651. The van der Waals surface area contributed by atoms with Crippen LogP contribution in [0.2, 0.25) is 0 Å². The van der Waals surface area contributed by atoms with Gasteiger partial charge in [-0.1, -0.05) is 15.9 Å². The number of amides is 1. The van der Waals surface area contributed by atoms with Crippen LogP contribution in [0.1, 0.15) is 12.5 Å². The number of benzene rings is 1. The van der Waals surface area contributed by atoms with E-state index in [-0.39, 0.29) is 11.7 Å². The molecule has 0 saturated carbocycles. The van der Waals surface area contributed by atoms with Gasteiger partial charge in [-0.15, -0.1) is 0 Å². The Kier molecular flexibility index (Phi) is 2.65. The fourth-order valence-corrected chi connectivity index (χ4v) is 1.73. The third-order valence-electron chi connectivity index (χ3n) is 2.18. The van der Waals surface area contributed by atoms with Crippen molar-refractivity contribution in [3.63, 3.8) is 0 Å². The Hall–Kier alpha value is -1.10. The number of hydrogen-bond donors (Lipinski definition) is 1. The predicted molar refractivity (Wildman–Crippen MR) is 57.8 cm³/mol. The molecule has 0 aromatic heterocycles. The molecule has 1 amide bonds. The topological polar surface area (TPSA) is 38.3 Å². The first kappa shape index (κ1) is 10.4. The van der Waals surface area contributed by atoms with E-state index in [0.29, 0.717) is 11.0 Å². The summed E-state index contributed by atoms with van der Waals surface area (Å²) in [6, 6.07) is 3.08. The van der Waals surface area contributed by atoms with Gasteiger partial charge in [0.1, 0.15) is 0 Å². The van der Waals surface area contributed by atoms with Gasteiger partial charge in [0, 0.05) is 5.33 Å². The van der Waals surface area contributed by atoms with Crippen LogP contribution < -0.4 is 10.1 Å². The second-order valence-electron chi connectivity index (χ2n) is 3.34. The predicted octanol–water partition coefficient (Wildman–Crippen LogP) is 2.44. The van der Waals surface area contributed by atoms with Crippen molar-refractivity contribution in [1.82, 2.24) is 0 Å². The van der Waals surface area contributed by atoms with Gasteiger partial charge in [-0.05, 0) is 24.6 Å². The lowest BCUT2D eigenvalue weighted by Gasteiger charge is -2.24. The van der Waals surface area contributed by atoms with Crippen molar-refractivity contribution >= 4 is 27.5 Å². The highest BCUT2D eigenvalue weighted by Crippen LogP contribution is 2.34. The summed E-state index contributed by atoms with van der Waals surface area (Å²) in [6.07, 6.45) is -0.651. The smallest absolute Gasteiger partial charge is 0.265 e. The summed E-state index contributed by atoms with van der Waals surface area (Å²) < 4.78 is 18.7. The van der Waals surface area contributed by atoms with Crippen LogP contribution in [0.4, 0.5) is 10.1 Å². The van der Waals surface area contributed by atoms with Crippen LogP contribution in [0.15, 0.2) is 12.1 Å². The van der Waals surface area contributed by atoms with Gasteiger partial charge in [-0.2, -0.15) is 0 Å². The molecule has 1 aromatic carbocycles. The number of ether oxygens (including phenoxy) is 1. The van der Waals surface area contributed by atoms with E-state index < -0.39 is 11.9 Å². The molecule has 1 aliphatic rings. The molecule has 0 bridgehead atoms. The van der Waals surface area contributed by atoms with Crippen molar-refractivity contribution < 1.29 is 13.9 Å². The van der Waals surface area contributed by atoms with E-state index in [0.717, 1.165) is 5.56 Å². The molecule has 1 unspecified atom stereocenters. The molecule has 1 N–H and O–H groups in total. The minimum absolute atomic E-state index is 0.117. The number of fused-ring (bicyclic) bond motifs is 1. The minimum Gasteiger partial charge on any atom is -0.476 e. The Morgan fingerprint density at radius 1 is 1.60 bits per heavy atom. The van der Waals surface area contributed by atoms with E-state index >= 15 is 0 Å². The normalized spacial score (nSPS) is 19.1. The van der Waals surface area contributed by atoms with Gasteiger partial charge in [0.25, 0.3) is 5.91 Å². The molecule has 80 valence electrons.